The third kappa shape index (κ3) is 1.60. The highest BCUT2D eigenvalue weighted by molar-refractivity contribution is 7.13. The fourth-order valence-corrected chi connectivity index (χ4v) is 2.09. The van der Waals surface area contributed by atoms with Gasteiger partial charge in [0.1, 0.15) is 5.01 Å². The van der Waals surface area contributed by atoms with Gasteiger partial charge in [0.05, 0.1) is 0 Å². The summed E-state index contributed by atoms with van der Waals surface area (Å²) in [5.41, 5.74) is 2.22. The molecule has 0 aliphatic heterocycles. The molecule has 0 radical (unpaired) electrons. The maximum Gasteiger partial charge on any atom is 0.123 e. The minimum Gasteiger partial charge on any atom is -0.245 e. The largest absolute Gasteiger partial charge is 0.245 e. The van der Waals surface area contributed by atoms with Gasteiger partial charge in [-0.15, -0.1) is 11.3 Å². The van der Waals surface area contributed by atoms with Gasteiger partial charge in [-0.1, -0.05) is 23.7 Å². The van der Waals surface area contributed by atoms with Crippen molar-refractivity contribution < 1.29 is 0 Å². The first-order chi connectivity index (χ1) is 6.29. The molecule has 0 fully saturated rings. The highest BCUT2D eigenvalue weighted by Gasteiger charge is 2.05. The molecular weight excluding hydrogens is 202 g/mol. The number of thiazole rings is 1. The number of rotatable bonds is 1. The lowest BCUT2D eigenvalue weighted by Crippen LogP contribution is -1.82. The van der Waals surface area contributed by atoms with Crippen LogP contribution in [0.5, 0.6) is 0 Å². The number of benzene rings is 1. The number of hydrogen-bond donors (Lipinski definition) is 0. The second-order valence-corrected chi connectivity index (χ2v) is 4.05. The van der Waals surface area contributed by atoms with Crippen molar-refractivity contribution in [2.45, 2.75) is 6.92 Å². The fourth-order valence-electron chi connectivity index (χ4n) is 1.20. The lowest BCUT2D eigenvalue weighted by Gasteiger charge is -2.02. The van der Waals surface area contributed by atoms with Crippen LogP contribution >= 0.6 is 22.9 Å². The van der Waals surface area contributed by atoms with E-state index < -0.39 is 0 Å². The van der Waals surface area contributed by atoms with Crippen LogP contribution in [0.4, 0.5) is 0 Å². The van der Waals surface area contributed by atoms with Crippen LogP contribution in [0.15, 0.2) is 29.8 Å². The Labute approximate surface area is 86.0 Å². The molecule has 0 spiro atoms. The van der Waals surface area contributed by atoms with Gasteiger partial charge in [-0.3, -0.25) is 0 Å². The molecule has 0 bridgehead atoms. The molecule has 0 N–H and O–H groups in total. The average Bonchev–Trinajstić information content (AvgIpc) is 2.62. The van der Waals surface area contributed by atoms with Gasteiger partial charge in [-0.2, -0.15) is 0 Å². The molecule has 1 nitrogen and oxygen atoms in total. The number of halogens is 1. The quantitative estimate of drug-likeness (QED) is 0.697. The SMILES string of the molecule is Cc1c(Cl)cccc1-c1nccs1. The summed E-state index contributed by atoms with van der Waals surface area (Å²) in [4.78, 5) is 4.25. The van der Waals surface area contributed by atoms with E-state index >= 15 is 0 Å². The molecule has 0 saturated heterocycles. The van der Waals surface area contributed by atoms with Crippen LogP contribution in [-0.4, -0.2) is 4.98 Å². The molecule has 0 saturated carbocycles. The van der Waals surface area contributed by atoms with Gasteiger partial charge >= 0.3 is 0 Å². The van der Waals surface area contributed by atoms with Crippen LogP contribution in [0, 0.1) is 6.92 Å². The van der Waals surface area contributed by atoms with E-state index in [4.69, 9.17) is 11.6 Å². The Morgan fingerprint density at radius 1 is 1.38 bits per heavy atom. The van der Waals surface area contributed by atoms with Crippen LogP contribution < -0.4 is 0 Å². The van der Waals surface area contributed by atoms with Crippen LogP contribution in [-0.2, 0) is 0 Å². The molecule has 0 atom stereocenters. The predicted molar refractivity (Wildman–Crippen MR) is 57.3 cm³/mol. The Morgan fingerprint density at radius 3 is 2.92 bits per heavy atom. The van der Waals surface area contributed by atoms with Crippen LogP contribution in [0.25, 0.3) is 10.6 Å². The summed E-state index contributed by atoms with van der Waals surface area (Å²) >= 11 is 7.64. The molecule has 0 aliphatic carbocycles. The van der Waals surface area contributed by atoms with E-state index in [0.29, 0.717) is 0 Å². The van der Waals surface area contributed by atoms with Crippen molar-refractivity contribution in [1.82, 2.24) is 4.98 Å². The van der Waals surface area contributed by atoms with Crippen LogP contribution in [0.1, 0.15) is 5.56 Å². The zero-order valence-electron chi connectivity index (χ0n) is 7.12. The lowest BCUT2D eigenvalue weighted by atomic mass is 10.1. The first kappa shape index (κ1) is 8.73. The smallest absolute Gasteiger partial charge is 0.123 e. The molecule has 2 rings (SSSR count). The Balaban J connectivity index is 2.59. The van der Waals surface area contributed by atoms with Gasteiger partial charge in [-0.25, -0.2) is 4.98 Å². The Morgan fingerprint density at radius 2 is 2.23 bits per heavy atom. The summed E-state index contributed by atoms with van der Waals surface area (Å²) in [6.45, 7) is 2.01. The van der Waals surface area contributed by atoms with Gasteiger partial charge in [0.2, 0.25) is 0 Å². The summed E-state index contributed by atoms with van der Waals surface area (Å²) < 4.78 is 0. The zero-order chi connectivity index (χ0) is 9.26. The summed E-state index contributed by atoms with van der Waals surface area (Å²) in [6, 6.07) is 5.89. The van der Waals surface area contributed by atoms with Crippen molar-refractivity contribution in [3.05, 3.63) is 40.4 Å². The third-order valence-corrected chi connectivity index (χ3v) is 3.15. The molecule has 3 heteroatoms. The zero-order valence-corrected chi connectivity index (χ0v) is 8.69. The molecule has 1 aromatic carbocycles. The van der Waals surface area contributed by atoms with Crippen molar-refractivity contribution >= 4 is 22.9 Å². The number of hydrogen-bond acceptors (Lipinski definition) is 2. The highest BCUT2D eigenvalue weighted by atomic mass is 35.5. The summed E-state index contributed by atoms with van der Waals surface area (Å²) in [6.07, 6.45) is 1.81. The molecule has 2 aromatic rings. The Hall–Kier alpha value is -0.860. The molecular formula is C10H8ClNS. The van der Waals surface area contributed by atoms with E-state index in [0.717, 1.165) is 21.2 Å². The van der Waals surface area contributed by atoms with Crippen molar-refractivity contribution in [3.8, 4) is 10.6 Å². The van der Waals surface area contributed by atoms with Gasteiger partial charge < -0.3 is 0 Å². The molecule has 0 aliphatic rings. The van der Waals surface area contributed by atoms with Gasteiger partial charge in [0.25, 0.3) is 0 Å². The van der Waals surface area contributed by atoms with Crippen molar-refractivity contribution in [3.63, 3.8) is 0 Å². The average molecular weight is 210 g/mol. The van der Waals surface area contributed by atoms with E-state index in [1.54, 1.807) is 17.5 Å². The van der Waals surface area contributed by atoms with Crippen LogP contribution in [0.2, 0.25) is 5.02 Å². The number of nitrogens with zero attached hydrogens (tertiary/aromatic N) is 1. The van der Waals surface area contributed by atoms with Gasteiger partial charge in [-0.05, 0) is 18.6 Å². The molecule has 66 valence electrons. The molecule has 0 amide bonds. The fraction of sp³-hybridized carbons (Fsp3) is 0.100. The number of aromatic nitrogens is 1. The minimum atomic E-state index is 0.799. The monoisotopic (exact) mass is 209 g/mol. The van der Waals surface area contributed by atoms with Crippen LogP contribution in [0.3, 0.4) is 0 Å². The van der Waals surface area contributed by atoms with Gasteiger partial charge in [0, 0.05) is 22.2 Å². The second kappa shape index (κ2) is 3.48. The molecule has 13 heavy (non-hydrogen) atoms. The molecule has 1 heterocycles. The van der Waals surface area contributed by atoms with E-state index in [-0.39, 0.29) is 0 Å². The standard InChI is InChI=1S/C10H8ClNS/c1-7-8(3-2-4-9(7)11)10-12-5-6-13-10/h2-6H,1H3. The van der Waals surface area contributed by atoms with Crippen molar-refractivity contribution in [2.24, 2.45) is 0 Å². The normalized spacial score (nSPS) is 10.3. The van der Waals surface area contributed by atoms with E-state index in [9.17, 15) is 0 Å². The maximum atomic E-state index is 6.01. The first-order valence-corrected chi connectivity index (χ1v) is 5.20. The van der Waals surface area contributed by atoms with E-state index in [1.165, 1.54) is 0 Å². The molecule has 1 aromatic heterocycles. The third-order valence-electron chi connectivity index (χ3n) is 1.93. The van der Waals surface area contributed by atoms with Gasteiger partial charge in [0.15, 0.2) is 0 Å². The summed E-state index contributed by atoms with van der Waals surface area (Å²) in [7, 11) is 0. The second-order valence-electron chi connectivity index (χ2n) is 2.75. The predicted octanol–water partition coefficient (Wildman–Crippen LogP) is 3.77. The van der Waals surface area contributed by atoms with Crippen molar-refractivity contribution in [1.29, 1.82) is 0 Å². The molecule has 0 unspecified atom stereocenters. The summed E-state index contributed by atoms with van der Waals surface area (Å²) in [5, 5.41) is 3.79. The lowest BCUT2D eigenvalue weighted by molar-refractivity contribution is 1.38. The highest BCUT2D eigenvalue weighted by Crippen LogP contribution is 2.29. The summed E-state index contributed by atoms with van der Waals surface area (Å²) in [5.74, 6) is 0. The Bertz CT molecular complexity index is 409. The Kier molecular flexibility index (Phi) is 2.34. The van der Waals surface area contributed by atoms with E-state index in [2.05, 4.69) is 4.98 Å². The van der Waals surface area contributed by atoms with Crippen molar-refractivity contribution in [2.75, 3.05) is 0 Å². The first-order valence-electron chi connectivity index (χ1n) is 3.94. The topological polar surface area (TPSA) is 12.9 Å². The minimum absolute atomic E-state index is 0.799. The van der Waals surface area contributed by atoms with E-state index in [1.807, 2.05) is 30.5 Å². The maximum absolute atomic E-state index is 6.01.